The summed E-state index contributed by atoms with van der Waals surface area (Å²) >= 11 is 0. The number of carbonyl (C=O) groups is 2. The first-order chi connectivity index (χ1) is 9.92. The van der Waals surface area contributed by atoms with E-state index >= 15 is 0 Å². The minimum absolute atomic E-state index is 0.128. The topological polar surface area (TPSA) is 67.9 Å². The van der Waals surface area contributed by atoms with Crippen molar-refractivity contribution in [2.75, 3.05) is 26.2 Å². The van der Waals surface area contributed by atoms with Gasteiger partial charge in [-0.15, -0.1) is 0 Å². The predicted molar refractivity (Wildman–Crippen MR) is 69.1 cm³/mol. The number of rotatable bonds is 4. The number of nitrogens with zero attached hydrogens (tertiary/aromatic N) is 1. The number of likely N-dealkylation sites (tertiary alicyclic amines) is 1. The van der Waals surface area contributed by atoms with E-state index in [-0.39, 0.29) is 18.7 Å². The van der Waals surface area contributed by atoms with Gasteiger partial charge in [0, 0.05) is 25.7 Å². The van der Waals surface area contributed by atoms with Crippen LogP contribution in [0.3, 0.4) is 0 Å². The maximum absolute atomic E-state index is 13.0. The van der Waals surface area contributed by atoms with Crippen LogP contribution in [0.5, 0.6) is 0 Å². The summed E-state index contributed by atoms with van der Waals surface area (Å²) in [5, 5.41) is 3.12. The van der Waals surface area contributed by atoms with E-state index in [0.29, 0.717) is 19.7 Å². The fourth-order valence-corrected chi connectivity index (χ4v) is 2.54. The first-order valence-corrected chi connectivity index (χ1v) is 7.16. The number of nitrogens with one attached hydrogen (secondary N) is 1. The Balaban J connectivity index is 1.68. The fourth-order valence-electron chi connectivity index (χ4n) is 2.54. The molecule has 0 aromatic heterocycles. The molecule has 0 radical (unpaired) electrons. The van der Waals surface area contributed by atoms with Crippen LogP contribution < -0.4 is 5.32 Å². The van der Waals surface area contributed by atoms with Crippen molar-refractivity contribution in [3.8, 4) is 0 Å². The van der Waals surface area contributed by atoms with Gasteiger partial charge in [0.15, 0.2) is 0 Å². The molecular formula is C13H20F2N2O4. The van der Waals surface area contributed by atoms with Crippen LogP contribution in [0, 0.1) is 0 Å². The summed E-state index contributed by atoms with van der Waals surface area (Å²) in [5.74, 6) is -4.80. The Morgan fingerprint density at radius 2 is 2.14 bits per heavy atom. The normalized spacial score (nSPS) is 25.8. The summed E-state index contributed by atoms with van der Waals surface area (Å²) in [6, 6.07) is 0.128. The average Bonchev–Trinajstić information content (AvgIpc) is 2.71. The van der Waals surface area contributed by atoms with Gasteiger partial charge in [-0.1, -0.05) is 0 Å². The van der Waals surface area contributed by atoms with Gasteiger partial charge in [-0.25, -0.2) is 9.59 Å². The maximum atomic E-state index is 13.0. The molecule has 6 nitrogen and oxygen atoms in total. The Bertz CT molecular complexity index is 398. The van der Waals surface area contributed by atoms with Crippen LogP contribution in [0.1, 0.15) is 26.2 Å². The molecule has 0 aliphatic carbocycles. The number of hydrogen-bond donors (Lipinski definition) is 1. The second kappa shape index (κ2) is 6.55. The Kier molecular flexibility index (Phi) is 4.97. The molecule has 1 amide bonds. The zero-order valence-corrected chi connectivity index (χ0v) is 11.9. The van der Waals surface area contributed by atoms with E-state index < -0.39 is 24.4 Å². The number of cyclic esters (lactones) is 1. The second-order valence-electron chi connectivity index (χ2n) is 5.30. The van der Waals surface area contributed by atoms with Crippen molar-refractivity contribution in [2.45, 2.75) is 44.3 Å². The molecule has 2 saturated heterocycles. The van der Waals surface area contributed by atoms with Crippen LogP contribution in [0.4, 0.5) is 13.6 Å². The smallest absolute Gasteiger partial charge is 0.409 e. The summed E-state index contributed by atoms with van der Waals surface area (Å²) in [5.41, 5.74) is 0. The Hall–Kier alpha value is -1.44. The van der Waals surface area contributed by atoms with Crippen LogP contribution >= 0.6 is 0 Å². The van der Waals surface area contributed by atoms with Gasteiger partial charge in [-0.05, 0) is 19.8 Å². The number of amides is 1. The summed E-state index contributed by atoms with van der Waals surface area (Å²) in [7, 11) is 0. The van der Waals surface area contributed by atoms with Crippen LogP contribution in [-0.4, -0.2) is 61.3 Å². The monoisotopic (exact) mass is 306 g/mol. The van der Waals surface area contributed by atoms with Gasteiger partial charge in [0.1, 0.15) is 6.10 Å². The maximum Gasteiger partial charge on any atom is 0.409 e. The van der Waals surface area contributed by atoms with E-state index in [1.54, 1.807) is 11.8 Å². The lowest BCUT2D eigenvalue weighted by molar-refractivity contribution is -0.159. The molecule has 2 rings (SSSR count). The van der Waals surface area contributed by atoms with Crippen LogP contribution in [0.25, 0.3) is 0 Å². The van der Waals surface area contributed by atoms with Crippen molar-refractivity contribution in [3.05, 3.63) is 0 Å². The summed E-state index contributed by atoms with van der Waals surface area (Å²) in [4.78, 5) is 24.0. The second-order valence-corrected chi connectivity index (χ2v) is 5.30. The van der Waals surface area contributed by atoms with Crippen molar-refractivity contribution in [1.29, 1.82) is 0 Å². The molecule has 2 fully saturated rings. The predicted octanol–water partition coefficient (Wildman–Crippen LogP) is 1.15. The lowest BCUT2D eigenvalue weighted by Crippen LogP contribution is -2.46. The third-order valence-electron chi connectivity index (χ3n) is 3.71. The Labute approximate surface area is 121 Å². The highest BCUT2D eigenvalue weighted by molar-refractivity contribution is 5.79. The number of alkyl halides is 2. The number of esters is 1. The molecule has 2 aliphatic heterocycles. The van der Waals surface area contributed by atoms with Gasteiger partial charge in [-0.2, -0.15) is 8.78 Å². The summed E-state index contributed by atoms with van der Waals surface area (Å²) < 4.78 is 35.6. The SMILES string of the molecule is CCOC(=O)N1CCC(NCC2CC(F)(F)C(=O)O2)CC1. The Morgan fingerprint density at radius 1 is 1.48 bits per heavy atom. The van der Waals surface area contributed by atoms with Crippen molar-refractivity contribution < 1.29 is 27.8 Å². The molecule has 2 aliphatic rings. The summed E-state index contributed by atoms with van der Waals surface area (Å²) in [6.07, 6.45) is -0.234. The zero-order chi connectivity index (χ0) is 15.5. The van der Waals surface area contributed by atoms with Crippen LogP contribution in [0.15, 0.2) is 0 Å². The molecular weight excluding hydrogens is 286 g/mol. The number of halogens is 2. The minimum Gasteiger partial charge on any atom is -0.456 e. The van der Waals surface area contributed by atoms with Gasteiger partial charge < -0.3 is 19.7 Å². The molecule has 1 N–H and O–H groups in total. The van der Waals surface area contributed by atoms with E-state index in [1.807, 2.05) is 0 Å². The minimum atomic E-state index is -3.36. The molecule has 0 aromatic rings. The van der Waals surface area contributed by atoms with E-state index in [4.69, 9.17) is 4.74 Å². The molecule has 1 atom stereocenters. The molecule has 0 aromatic carbocycles. The highest BCUT2D eigenvalue weighted by Crippen LogP contribution is 2.30. The quantitative estimate of drug-likeness (QED) is 0.789. The number of ether oxygens (including phenoxy) is 2. The van der Waals surface area contributed by atoms with Crippen molar-refractivity contribution in [2.24, 2.45) is 0 Å². The standard InChI is InChI=1S/C13H20F2N2O4/c1-2-20-12(19)17-5-3-9(4-6-17)16-8-10-7-13(14,15)11(18)21-10/h9-10,16H,2-8H2,1H3. The highest BCUT2D eigenvalue weighted by atomic mass is 19.3. The average molecular weight is 306 g/mol. The third-order valence-corrected chi connectivity index (χ3v) is 3.71. The van der Waals surface area contributed by atoms with Gasteiger partial charge in [0.2, 0.25) is 0 Å². The molecule has 1 unspecified atom stereocenters. The number of piperidine rings is 1. The Morgan fingerprint density at radius 3 is 2.67 bits per heavy atom. The van der Waals surface area contributed by atoms with Crippen molar-refractivity contribution >= 4 is 12.1 Å². The molecule has 2 heterocycles. The van der Waals surface area contributed by atoms with Crippen LogP contribution in [0.2, 0.25) is 0 Å². The largest absolute Gasteiger partial charge is 0.456 e. The molecule has 21 heavy (non-hydrogen) atoms. The van der Waals surface area contributed by atoms with E-state index in [2.05, 4.69) is 10.1 Å². The van der Waals surface area contributed by atoms with E-state index in [0.717, 1.165) is 12.8 Å². The van der Waals surface area contributed by atoms with Gasteiger partial charge >= 0.3 is 18.0 Å². The lowest BCUT2D eigenvalue weighted by atomic mass is 10.0. The summed E-state index contributed by atoms with van der Waals surface area (Å²) in [6.45, 7) is 3.45. The molecule has 0 bridgehead atoms. The van der Waals surface area contributed by atoms with E-state index in [1.165, 1.54) is 0 Å². The number of carbonyl (C=O) groups excluding carboxylic acids is 2. The third kappa shape index (κ3) is 4.03. The van der Waals surface area contributed by atoms with Gasteiger partial charge in [-0.3, -0.25) is 0 Å². The van der Waals surface area contributed by atoms with E-state index in [9.17, 15) is 18.4 Å². The first-order valence-electron chi connectivity index (χ1n) is 7.16. The number of hydrogen-bond acceptors (Lipinski definition) is 5. The molecule has 0 spiro atoms. The van der Waals surface area contributed by atoms with Crippen molar-refractivity contribution in [3.63, 3.8) is 0 Å². The lowest BCUT2D eigenvalue weighted by Gasteiger charge is -2.32. The molecule has 120 valence electrons. The van der Waals surface area contributed by atoms with Crippen molar-refractivity contribution in [1.82, 2.24) is 10.2 Å². The zero-order valence-electron chi connectivity index (χ0n) is 11.9. The first kappa shape index (κ1) is 15.9. The van der Waals surface area contributed by atoms with Gasteiger partial charge in [0.25, 0.3) is 0 Å². The molecule has 0 saturated carbocycles. The molecule has 8 heteroatoms. The van der Waals surface area contributed by atoms with Gasteiger partial charge in [0.05, 0.1) is 13.0 Å². The van der Waals surface area contributed by atoms with Crippen LogP contribution in [-0.2, 0) is 14.3 Å². The highest BCUT2D eigenvalue weighted by Gasteiger charge is 2.50. The fraction of sp³-hybridized carbons (Fsp3) is 0.846.